The minimum atomic E-state index is -0.398. The second-order valence-electron chi connectivity index (χ2n) is 7.07. The summed E-state index contributed by atoms with van der Waals surface area (Å²) in [7, 11) is 1.66. The van der Waals surface area contributed by atoms with E-state index in [9.17, 15) is 14.0 Å². The fourth-order valence-electron chi connectivity index (χ4n) is 3.45. The molecule has 5 nitrogen and oxygen atoms in total. The number of nitrogens with zero attached hydrogens (tertiary/aromatic N) is 1. The fraction of sp³-hybridized carbons (Fsp3) is 0.364. The van der Waals surface area contributed by atoms with Gasteiger partial charge in [0.2, 0.25) is 5.91 Å². The van der Waals surface area contributed by atoms with Gasteiger partial charge in [0.15, 0.2) is 0 Å². The second-order valence-corrected chi connectivity index (χ2v) is 7.07. The molecule has 2 amide bonds. The Hall–Kier alpha value is -2.89. The van der Waals surface area contributed by atoms with Gasteiger partial charge in [-0.3, -0.25) is 9.59 Å². The van der Waals surface area contributed by atoms with E-state index in [1.165, 1.54) is 29.8 Å². The third-order valence-corrected chi connectivity index (χ3v) is 5.16. The van der Waals surface area contributed by atoms with Crippen LogP contribution in [-0.4, -0.2) is 43.5 Å². The summed E-state index contributed by atoms with van der Waals surface area (Å²) in [5, 5.41) is 2.61. The largest absolute Gasteiger partial charge is 0.497 e. The first-order valence-corrected chi connectivity index (χ1v) is 9.49. The third-order valence-electron chi connectivity index (χ3n) is 5.16. The summed E-state index contributed by atoms with van der Waals surface area (Å²) in [5.74, 6) is 0.546. The molecule has 0 bridgehead atoms. The van der Waals surface area contributed by atoms with Gasteiger partial charge < -0.3 is 15.0 Å². The van der Waals surface area contributed by atoms with Crippen LogP contribution in [-0.2, 0) is 11.2 Å². The van der Waals surface area contributed by atoms with Crippen LogP contribution in [0.4, 0.5) is 4.39 Å². The van der Waals surface area contributed by atoms with Gasteiger partial charge in [0.05, 0.1) is 13.7 Å². The Bertz CT molecular complexity index is 798. The van der Waals surface area contributed by atoms with Crippen LogP contribution in [0.15, 0.2) is 48.5 Å². The predicted octanol–water partition coefficient (Wildman–Crippen LogP) is 3.05. The number of hydrogen-bond donors (Lipinski definition) is 1. The third kappa shape index (κ3) is 5.31. The van der Waals surface area contributed by atoms with Gasteiger partial charge in [0.25, 0.3) is 5.91 Å². The molecular formula is C22H25FN2O3. The number of rotatable bonds is 6. The van der Waals surface area contributed by atoms with E-state index in [0.717, 1.165) is 25.0 Å². The minimum Gasteiger partial charge on any atom is -0.497 e. The lowest BCUT2D eigenvalue weighted by Gasteiger charge is -2.32. The van der Waals surface area contributed by atoms with Crippen molar-refractivity contribution in [2.24, 2.45) is 5.92 Å². The van der Waals surface area contributed by atoms with Crippen molar-refractivity contribution in [2.45, 2.75) is 19.3 Å². The summed E-state index contributed by atoms with van der Waals surface area (Å²) < 4.78 is 18.1. The van der Waals surface area contributed by atoms with Gasteiger partial charge in [-0.15, -0.1) is 0 Å². The normalized spacial score (nSPS) is 14.6. The predicted molar refractivity (Wildman–Crippen MR) is 105 cm³/mol. The lowest BCUT2D eigenvalue weighted by molar-refractivity contribution is -0.131. The number of nitrogens with one attached hydrogen (secondary N) is 1. The van der Waals surface area contributed by atoms with Crippen molar-refractivity contribution < 1.29 is 18.7 Å². The molecule has 1 aliphatic rings. The second kappa shape index (κ2) is 9.35. The maximum atomic E-state index is 12.9. The van der Waals surface area contributed by atoms with E-state index in [-0.39, 0.29) is 18.4 Å². The van der Waals surface area contributed by atoms with Crippen LogP contribution in [0.25, 0.3) is 0 Å². The zero-order chi connectivity index (χ0) is 19.9. The molecule has 1 heterocycles. The number of carbonyl (C=O) groups excluding carboxylic acids is 2. The molecule has 28 heavy (non-hydrogen) atoms. The fourth-order valence-corrected chi connectivity index (χ4v) is 3.45. The molecule has 0 saturated carbocycles. The average molecular weight is 384 g/mol. The molecule has 2 aromatic rings. The van der Waals surface area contributed by atoms with E-state index < -0.39 is 5.82 Å². The van der Waals surface area contributed by atoms with E-state index in [2.05, 4.69) is 17.4 Å². The maximum Gasteiger partial charge on any atom is 0.251 e. The summed E-state index contributed by atoms with van der Waals surface area (Å²) in [6.07, 6.45) is 2.89. The summed E-state index contributed by atoms with van der Waals surface area (Å²) in [5.41, 5.74) is 1.62. The number of halogens is 1. The Balaban J connectivity index is 1.41. The topological polar surface area (TPSA) is 58.6 Å². The molecule has 0 aliphatic carbocycles. The molecule has 6 heteroatoms. The van der Waals surface area contributed by atoms with Gasteiger partial charge in [-0.2, -0.15) is 0 Å². The van der Waals surface area contributed by atoms with Crippen LogP contribution in [0, 0.1) is 11.7 Å². The van der Waals surface area contributed by atoms with Gasteiger partial charge in [0, 0.05) is 18.7 Å². The van der Waals surface area contributed by atoms with Crippen molar-refractivity contribution in [1.82, 2.24) is 10.2 Å². The number of likely N-dealkylation sites (tertiary alicyclic amines) is 1. The number of methoxy groups -OCH3 is 1. The summed E-state index contributed by atoms with van der Waals surface area (Å²) in [6, 6.07) is 13.4. The van der Waals surface area contributed by atoms with Crippen molar-refractivity contribution in [2.75, 3.05) is 26.7 Å². The van der Waals surface area contributed by atoms with Gasteiger partial charge in [-0.1, -0.05) is 12.1 Å². The smallest absolute Gasteiger partial charge is 0.251 e. The van der Waals surface area contributed by atoms with Gasteiger partial charge in [0.1, 0.15) is 11.6 Å². The molecule has 0 aromatic heterocycles. The molecule has 1 aliphatic heterocycles. The Morgan fingerprint density at radius 1 is 1.07 bits per heavy atom. The summed E-state index contributed by atoms with van der Waals surface area (Å²) in [4.78, 5) is 26.2. The van der Waals surface area contributed by atoms with Crippen molar-refractivity contribution >= 4 is 11.8 Å². The van der Waals surface area contributed by atoms with E-state index in [1.54, 1.807) is 12.0 Å². The van der Waals surface area contributed by atoms with Crippen molar-refractivity contribution in [3.05, 3.63) is 65.5 Å². The molecule has 0 radical (unpaired) electrons. The number of hydrogen-bond acceptors (Lipinski definition) is 3. The Labute approximate surface area is 164 Å². The molecule has 1 fully saturated rings. The molecule has 0 unspecified atom stereocenters. The van der Waals surface area contributed by atoms with Crippen molar-refractivity contribution in [1.29, 1.82) is 0 Å². The van der Waals surface area contributed by atoms with Crippen molar-refractivity contribution in [3.63, 3.8) is 0 Å². The standard InChI is InChI=1S/C22H25FN2O3/c1-28-20-8-2-16(3-9-20)14-17-10-12-25(13-11-17)21(26)15-24-22(27)18-4-6-19(23)7-5-18/h2-9,17H,10-15H2,1H3,(H,24,27). The van der Waals surface area contributed by atoms with Gasteiger partial charge in [-0.25, -0.2) is 4.39 Å². The molecule has 1 saturated heterocycles. The highest BCUT2D eigenvalue weighted by molar-refractivity contribution is 5.96. The van der Waals surface area contributed by atoms with Crippen LogP contribution < -0.4 is 10.1 Å². The van der Waals surface area contributed by atoms with Crippen LogP contribution in [0.2, 0.25) is 0 Å². The van der Waals surface area contributed by atoms with Crippen LogP contribution >= 0.6 is 0 Å². The minimum absolute atomic E-state index is 0.0423. The lowest BCUT2D eigenvalue weighted by Crippen LogP contribution is -2.44. The first kappa shape index (κ1) is 19.9. The van der Waals surface area contributed by atoms with E-state index in [4.69, 9.17) is 4.74 Å². The monoisotopic (exact) mass is 384 g/mol. The molecule has 0 atom stereocenters. The van der Waals surface area contributed by atoms with Gasteiger partial charge in [-0.05, 0) is 67.1 Å². The lowest BCUT2D eigenvalue weighted by atomic mass is 9.90. The molecule has 0 spiro atoms. The molecule has 148 valence electrons. The van der Waals surface area contributed by atoms with Gasteiger partial charge >= 0.3 is 0 Å². The Morgan fingerprint density at radius 2 is 1.71 bits per heavy atom. The maximum absolute atomic E-state index is 12.9. The zero-order valence-electron chi connectivity index (χ0n) is 16.0. The summed E-state index contributed by atoms with van der Waals surface area (Å²) in [6.45, 7) is 1.36. The number of ether oxygens (including phenoxy) is 1. The highest BCUT2D eigenvalue weighted by atomic mass is 19.1. The van der Waals surface area contributed by atoms with E-state index in [1.807, 2.05) is 12.1 Å². The molecule has 2 aromatic carbocycles. The summed E-state index contributed by atoms with van der Waals surface area (Å²) >= 11 is 0. The SMILES string of the molecule is COc1ccc(CC2CCN(C(=O)CNC(=O)c3ccc(F)cc3)CC2)cc1. The van der Waals surface area contributed by atoms with E-state index in [0.29, 0.717) is 24.6 Å². The first-order chi connectivity index (χ1) is 13.5. The first-order valence-electron chi connectivity index (χ1n) is 9.49. The average Bonchev–Trinajstić information content (AvgIpc) is 2.73. The Kier molecular flexibility index (Phi) is 6.63. The van der Waals surface area contributed by atoms with Crippen molar-refractivity contribution in [3.8, 4) is 5.75 Å². The van der Waals surface area contributed by atoms with Crippen LogP contribution in [0.5, 0.6) is 5.75 Å². The van der Waals surface area contributed by atoms with Crippen LogP contribution in [0.3, 0.4) is 0 Å². The molecule has 3 rings (SSSR count). The highest BCUT2D eigenvalue weighted by Gasteiger charge is 2.23. The molecule has 1 N–H and O–H groups in total. The number of carbonyl (C=O) groups is 2. The number of piperidine rings is 1. The highest BCUT2D eigenvalue weighted by Crippen LogP contribution is 2.23. The Morgan fingerprint density at radius 3 is 2.32 bits per heavy atom. The number of benzene rings is 2. The zero-order valence-corrected chi connectivity index (χ0v) is 16.0. The number of amides is 2. The van der Waals surface area contributed by atoms with Crippen LogP contribution in [0.1, 0.15) is 28.8 Å². The van der Waals surface area contributed by atoms with E-state index >= 15 is 0 Å². The quantitative estimate of drug-likeness (QED) is 0.833. The molecular weight excluding hydrogens is 359 g/mol.